The van der Waals surface area contributed by atoms with Gasteiger partial charge < -0.3 is 9.47 Å². The molecule has 0 radical (unpaired) electrons. The molecular weight excluding hydrogens is 300 g/mol. The molecule has 0 saturated carbocycles. The molecule has 0 amide bonds. The Morgan fingerprint density at radius 3 is 2.79 bits per heavy atom. The van der Waals surface area contributed by atoms with Gasteiger partial charge in [0.15, 0.2) is 0 Å². The van der Waals surface area contributed by atoms with Gasteiger partial charge in [0, 0.05) is 18.8 Å². The number of benzene rings is 1. The topological polar surface area (TPSA) is 35.5 Å². The summed E-state index contributed by atoms with van der Waals surface area (Å²) in [5.41, 5.74) is 7.18. The molecule has 0 bridgehead atoms. The number of hydrogen-bond acceptors (Lipinski definition) is 3. The van der Waals surface area contributed by atoms with Gasteiger partial charge in [-0.2, -0.15) is 0 Å². The lowest BCUT2D eigenvalue weighted by molar-refractivity contribution is -0.150. The summed E-state index contributed by atoms with van der Waals surface area (Å²) in [6.07, 6.45) is 7.38. The van der Waals surface area contributed by atoms with Crippen LogP contribution in [-0.2, 0) is 16.0 Å². The SMILES string of the molecule is COc1ccc2c(c1)CCC1=C2CCC2(C)C1=CCC2OC(C)=O. The lowest BCUT2D eigenvalue weighted by Crippen LogP contribution is -2.36. The fourth-order valence-corrected chi connectivity index (χ4v) is 4.77. The van der Waals surface area contributed by atoms with Gasteiger partial charge in [-0.05, 0) is 65.7 Å². The fraction of sp³-hybridized carbons (Fsp3) is 0.476. The largest absolute Gasteiger partial charge is 0.497 e. The van der Waals surface area contributed by atoms with Crippen molar-refractivity contribution in [3.05, 3.63) is 46.5 Å². The van der Waals surface area contributed by atoms with Gasteiger partial charge in [0.25, 0.3) is 0 Å². The van der Waals surface area contributed by atoms with Gasteiger partial charge >= 0.3 is 5.97 Å². The molecule has 0 aromatic heterocycles. The molecule has 0 fully saturated rings. The summed E-state index contributed by atoms with van der Waals surface area (Å²) < 4.78 is 11.0. The molecule has 2 unspecified atom stereocenters. The van der Waals surface area contributed by atoms with Crippen LogP contribution < -0.4 is 4.74 Å². The molecule has 3 aliphatic rings. The number of rotatable bonds is 2. The van der Waals surface area contributed by atoms with Gasteiger partial charge in [-0.25, -0.2) is 0 Å². The van der Waals surface area contributed by atoms with Crippen LogP contribution in [-0.4, -0.2) is 19.2 Å². The summed E-state index contributed by atoms with van der Waals surface area (Å²) in [4.78, 5) is 11.5. The van der Waals surface area contributed by atoms with Crippen molar-refractivity contribution in [2.45, 2.75) is 52.1 Å². The first-order valence-electron chi connectivity index (χ1n) is 8.80. The minimum absolute atomic E-state index is 0.00341. The van der Waals surface area contributed by atoms with E-state index in [-0.39, 0.29) is 17.5 Å². The molecule has 2 atom stereocenters. The van der Waals surface area contributed by atoms with E-state index in [9.17, 15) is 4.79 Å². The maximum atomic E-state index is 11.5. The quantitative estimate of drug-likeness (QED) is 0.754. The zero-order valence-corrected chi connectivity index (χ0v) is 14.6. The predicted molar refractivity (Wildman–Crippen MR) is 93.8 cm³/mol. The highest BCUT2D eigenvalue weighted by atomic mass is 16.5. The van der Waals surface area contributed by atoms with Gasteiger partial charge in [-0.15, -0.1) is 0 Å². The Bertz CT molecular complexity index is 771. The zero-order valence-electron chi connectivity index (χ0n) is 14.6. The van der Waals surface area contributed by atoms with E-state index in [0.717, 1.165) is 37.9 Å². The van der Waals surface area contributed by atoms with Gasteiger partial charge in [0.2, 0.25) is 0 Å². The van der Waals surface area contributed by atoms with E-state index < -0.39 is 0 Å². The highest BCUT2D eigenvalue weighted by molar-refractivity contribution is 5.79. The maximum Gasteiger partial charge on any atom is 0.302 e. The molecule has 4 rings (SSSR count). The van der Waals surface area contributed by atoms with Crippen LogP contribution in [0.5, 0.6) is 5.75 Å². The van der Waals surface area contributed by atoms with Gasteiger partial charge in [0.05, 0.1) is 7.11 Å². The third-order valence-corrected chi connectivity index (χ3v) is 6.04. The van der Waals surface area contributed by atoms with Crippen LogP contribution in [0, 0.1) is 5.41 Å². The average molecular weight is 324 g/mol. The Kier molecular flexibility index (Phi) is 3.56. The first-order valence-corrected chi connectivity index (χ1v) is 8.80. The smallest absolute Gasteiger partial charge is 0.302 e. The highest BCUT2D eigenvalue weighted by Crippen LogP contribution is 2.56. The number of allylic oxidation sites excluding steroid dienone is 2. The Balaban J connectivity index is 1.73. The van der Waals surface area contributed by atoms with E-state index >= 15 is 0 Å². The first kappa shape index (κ1) is 15.5. The van der Waals surface area contributed by atoms with E-state index in [2.05, 4.69) is 31.2 Å². The molecule has 0 N–H and O–H groups in total. The van der Waals surface area contributed by atoms with Crippen LogP contribution in [0.3, 0.4) is 0 Å². The molecule has 0 spiro atoms. The fourth-order valence-electron chi connectivity index (χ4n) is 4.77. The van der Waals surface area contributed by atoms with E-state index in [0.29, 0.717) is 0 Å². The van der Waals surface area contributed by atoms with E-state index in [1.54, 1.807) is 7.11 Å². The van der Waals surface area contributed by atoms with Crippen molar-refractivity contribution >= 4 is 11.5 Å². The molecule has 0 saturated heterocycles. The molecule has 0 aliphatic heterocycles. The Morgan fingerprint density at radius 1 is 1.21 bits per heavy atom. The van der Waals surface area contributed by atoms with Crippen molar-refractivity contribution in [3.63, 3.8) is 0 Å². The minimum Gasteiger partial charge on any atom is -0.497 e. The molecule has 3 aliphatic carbocycles. The van der Waals surface area contributed by atoms with Crippen molar-refractivity contribution in [1.82, 2.24) is 0 Å². The normalized spacial score (nSPS) is 27.8. The second-order valence-electron chi connectivity index (χ2n) is 7.35. The summed E-state index contributed by atoms with van der Waals surface area (Å²) in [6, 6.07) is 6.45. The monoisotopic (exact) mass is 324 g/mol. The summed E-state index contributed by atoms with van der Waals surface area (Å²) >= 11 is 0. The second-order valence-corrected chi connectivity index (χ2v) is 7.35. The molecule has 0 heterocycles. The number of esters is 1. The second kappa shape index (κ2) is 5.51. The number of carbonyl (C=O) groups is 1. The van der Waals surface area contributed by atoms with Gasteiger partial charge in [-0.1, -0.05) is 19.1 Å². The predicted octanol–water partition coefficient (Wildman–Crippen LogP) is 4.46. The average Bonchev–Trinajstić information content (AvgIpc) is 2.90. The number of ether oxygens (including phenoxy) is 2. The molecular formula is C21H24O3. The third-order valence-electron chi connectivity index (χ3n) is 6.04. The molecule has 3 nitrogen and oxygen atoms in total. The standard InChI is InChI=1S/C21H24O3/c1-13(22)24-20-9-8-19-18-6-4-14-12-15(23-3)5-7-16(14)17(18)10-11-21(19,20)2/h5,7-8,12,20H,4,6,9-11H2,1-3H3. The van der Waals surface area contributed by atoms with Crippen molar-refractivity contribution in [1.29, 1.82) is 0 Å². The summed E-state index contributed by atoms with van der Waals surface area (Å²) in [5.74, 6) is 0.769. The summed E-state index contributed by atoms with van der Waals surface area (Å²) in [7, 11) is 1.72. The maximum absolute atomic E-state index is 11.5. The van der Waals surface area contributed by atoms with E-state index in [1.807, 2.05) is 0 Å². The summed E-state index contributed by atoms with van der Waals surface area (Å²) in [5, 5.41) is 0. The van der Waals surface area contributed by atoms with Crippen molar-refractivity contribution in [2.24, 2.45) is 5.41 Å². The number of aryl methyl sites for hydroxylation is 1. The van der Waals surface area contributed by atoms with Crippen molar-refractivity contribution < 1.29 is 14.3 Å². The first-order chi connectivity index (χ1) is 11.5. The molecule has 1 aromatic carbocycles. The molecule has 1 aromatic rings. The van der Waals surface area contributed by atoms with Gasteiger partial charge in [0.1, 0.15) is 11.9 Å². The van der Waals surface area contributed by atoms with Gasteiger partial charge in [-0.3, -0.25) is 4.79 Å². The zero-order chi connectivity index (χ0) is 16.9. The Hall–Kier alpha value is -2.03. The third kappa shape index (κ3) is 2.21. The lowest BCUT2D eigenvalue weighted by Gasteiger charge is -2.41. The minimum atomic E-state index is -0.170. The van der Waals surface area contributed by atoms with Crippen LogP contribution in [0.25, 0.3) is 5.57 Å². The van der Waals surface area contributed by atoms with Crippen molar-refractivity contribution in [3.8, 4) is 5.75 Å². The highest BCUT2D eigenvalue weighted by Gasteiger charge is 2.47. The van der Waals surface area contributed by atoms with Crippen LogP contribution in [0.1, 0.15) is 50.7 Å². The molecule has 24 heavy (non-hydrogen) atoms. The van der Waals surface area contributed by atoms with Crippen LogP contribution in [0.15, 0.2) is 35.4 Å². The number of fused-ring (bicyclic) bond motifs is 4. The van der Waals surface area contributed by atoms with Crippen molar-refractivity contribution in [2.75, 3.05) is 7.11 Å². The Morgan fingerprint density at radius 2 is 2.04 bits per heavy atom. The number of carbonyl (C=O) groups excluding carboxylic acids is 1. The molecule has 126 valence electrons. The molecule has 3 heteroatoms. The number of hydrogen-bond donors (Lipinski definition) is 0. The van der Waals surface area contributed by atoms with E-state index in [4.69, 9.17) is 9.47 Å². The van der Waals surface area contributed by atoms with Crippen LogP contribution in [0.4, 0.5) is 0 Å². The summed E-state index contributed by atoms with van der Waals surface area (Å²) in [6.45, 7) is 3.78. The number of methoxy groups -OCH3 is 1. The van der Waals surface area contributed by atoms with Crippen LogP contribution in [0.2, 0.25) is 0 Å². The Labute approximate surface area is 143 Å². The lowest BCUT2D eigenvalue weighted by atomic mass is 9.65. The van der Waals surface area contributed by atoms with E-state index in [1.165, 1.54) is 34.8 Å². The van der Waals surface area contributed by atoms with Crippen LogP contribution >= 0.6 is 0 Å².